The van der Waals surface area contributed by atoms with Crippen LogP contribution in [0.25, 0.3) is 10.2 Å². The van der Waals surface area contributed by atoms with Crippen LogP contribution in [0, 0.1) is 0 Å². The second kappa shape index (κ2) is 5.91. The number of carbonyl (C=O) groups is 2. The lowest BCUT2D eigenvalue weighted by Gasteiger charge is -2.19. The number of hydrogen-bond acceptors (Lipinski definition) is 3. The van der Waals surface area contributed by atoms with E-state index >= 15 is 0 Å². The van der Waals surface area contributed by atoms with Crippen molar-refractivity contribution in [3.63, 3.8) is 0 Å². The number of fused-ring (bicyclic) bond motifs is 2. The Morgan fingerprint density at radius 1 is 1.08 bits per heavy atom. The van der Waals surface area contributed by atoms with Crippen LogP contribution in [-0.4, -0.2) is 34.7 Å². The van der Waals surface area contributed by atoms with E-state index in [9.17, 15) is 9.59 Å². The van der Waals surface area contributed by atoms with E-state index in [-0.39, 0.29) is 11.7 Å². The van der Waals surface area contributed by atoms with Gasteiger partial charge in [0, 0.05) is 18.7 Å². The molecule has 0 atom stereocenters. The third kappa shape index (κ3) is 2.65. The Labute approximate surface area is 144 Å². The lowest BCUT2D eigenvalue weighted by atomic mass is 9.99. The van der Waals surface area contributed by atoms with Crippen molar-refractivity contribution in [3.8, 4) is 0 Å². The second-order valence-electron chi connectivity index (χ2n) is 6.21. The highest BCUT2D eigenvalue weighted by Crippen LogP contribution is 2.23. The van der Waals surface area contributed by atoms with E-state index in [0.29, 0.717) is 18.8 Å². The smallest absolute Gasteiger partial charge is 0.270 e. The number of hydrogen-bond donors (Lipinski definition) is 1. The first-order valence-electron chi connectivity index (χ1n) is 8.10. The number of Topliss-reactive ketones (excluding diaryl/α,β-unsaturated/α-hetero) is 1. The van der Waals surface area contributed by atoms with Gasteiger partial charge in [-0.25, -0.2) is 0 Å². The molecule has 122 valence electrons. The molecule has 1 aliphatic heterocycles. The van der Waals surface area contributed by atoms with E-state index in [4.69, 9.17) is 0 Å². The molecule has 0 unspecified atom stereocenters. The van der Waals surface area contributed by atoms with Crippen LogP contribution in [0.1, 0.15) is 38.9 Å². The van der Waals surface area contributed by atoms with Gasteiger partial charge in [0.05, 0.1) is 10.2 Å². The first-order chi connectivity index (χ1) is 11.6. The monoisotopic (exact) mass is 338 g/mol. The van der Waals surface area contributed by atoms with Crippen molar-refractivity contribution < 1.29 is 9.59 Å². The van der Waals surface area contributed by atoms with Crippen molar-refractivity contribution in [1.29, 1.82) is 0 Å². The minimum absolute atomic E-state index is 0.0537. The Morgan fingerprint density at radius 2 is 1.88 bits per heavy atom. The van der Waals surface area contributed by atoms with Crippen molar-refractivity contribution in [1.82, 2.24) is 9.88 Å². The van der Waals surface area contributed by atoms with Crippen LogP contribution in [-0.2, 0) is 12.8 Å². The van der Waals surface area contributed by atoms with Crippen LogP contribution in [0.15, 0.2) is 35.7 Å². The Bertz CT molecular complexity index is 909. The fraction of sp³-hybridized carbons (Fsp3) is 0.263. The molecule has 1 N–H and O–H groups in total. The third-order valence-electron chi connectivity index (χ3n) is 4.67. The summed E-state index contributed by atoms with van der Waals surface area (Å²) in [5, 5.41) is 2.02. The van der Waals surface area contributed by atoms with E-state index in [1.165, 1.54) is 11.1 Å². The molecular formula is C19H18N2O2S. The lowest BCUT2D eigenvalue weighted by Crippen LogP contribution is -2.33. The van der Waals surface area contributed by atoms with Gasteiger partial charge in [0.2, 0.25) is 0 Å². The van der Waals surface area contributed by atoms with Crippen molar-refractivity contribution in [2.24, 2.45) is 0 Å². The van der Waals surface area contributed by atoms with E-state index in [1.807, 2.05) is 40.6 Å². The van der Waals surface area contributed by atoms with E-state index in [1.54, 1.807) is 18.3 Å². The van der Waals surface area contributed by atoms with Gasteiger partial charge in [0.25, 0.3) is 5.91 Å². The summed E-state index contributed by atoms with van der Waals surface area (Å²) in [7, 11) is 0. The average Bonchev–Trinajstić information content (AvgIpc) is 3.10. The van der Waals surface area contributed by atoms with Crippen LogP contribution in [0.3, 0.4) is 0 Å². The topological polar surface area (TPSA) is 53.2 Å². The zero-order valence-electron chi connectivity index (χ0n) is 13.5. The van der Waals surface area contributed by atoms with Gasteiger partial charge in [-0.3, -0.25) is 9.59 Å². The summed E-state index contributed by atoms with van der Waals surface area (Å²) in [6.07, 6.45) is 1.62. The number of ketones is 1. The Morgan fingerprint density at radius 3 is 2.62 bits per heavy atom. The number of benzene rings is 1. The Balaban J connectivity index is 1.55. The summed E-state index contributed by atoms with van der Waals surface area (Å²) in [4.78, 5) is 29.5. The molecule has 0 radical (unpaired) electrons. The minimum Gasteiger partial charge on any atom is -0.350 e. The number of nitrogens with zero attached hydrogens (tertiary/aromatic N) is 1. The molecule has 24 heavy (non-hydrogen) atoms. The van der Waals surface area contributed by atoms with Crippen LogP contribution in [0.4, 0.5) is 0 Å². The Kier molecular flexibility index (Phi) is 3.73. The van der Waals surface area contributed by atoms with Gasteiger partial charge in [-0.15, -0.1) is 11.3 Å². The number of rotatable bonds is 2. The van der Waals surface area contributed by atoms with Crippen LogP contribution < -0.4 is 0 Å². The standard InChI is InChI=1S/C19H18N2O2S/c1-12(22)14-3-2-13-4-7-21(8-5-15(13)10-14)19(23)17-11-18-16(20-17)6-9-24-18/h2-3,6,9-11,20H,4-5,7-8H2,1H3. The highest BCUT2D eigenvalue weighted by Gasteiger charge is 2.21. The summed E-state index contributed by atoms with van der Waals surface area (Å²) in [6.45, 7) is 2.98. The fourth-order valence-corrected chi connectivity index (χ4v) is 4.06. The van der Waals surface area contributed by atoms with Crippen LogP contribution in [0.2, 0.25) is 0 Å². The van der Waals surface area contributed by atoms with Crippen molar-refractivity contribution in [2.45, 2.75) is 19.8 Å². The number of H-pyrrole nitrogens is 1. The van der Waals surface area contributed by atoms with Crippen molar-refractivity contribution in [2.75, 3.05) is 13.1 Å². The van der Waals surface area contributed by atoms with E-state index < -0.39 is 0 Å². The molecule has 0 fully saturated rings. The van der Waals surface area contributed by atoms with Crippen LogP contribution >= 0.6 is 11.3 Å². The number of carbonyl (C=O) groups excluding carboxylic acids is 2. The number of thiophene rings is 1. The normalized spacial score (nSPS) is 14.5. The summed E-state index contributed by atoms with van der Waals surface area (Å²) < 4.78 is 1.11. The predicted molar refractivity (Wildman–Crippen MR) is 95.9 cm³/mol. The van der Waals surface area contributed by atoms with Crippen molar-refractivity contribution in [3.05, 3.63) is 58.1 Å². The minimum atomic E-state index is 0.0537. The summed E-state index contributed by atoms with van der Waals surface area (Å²) in [6, 6.07) is 9.84. The molecular weight excluding hydrogens is 320 g/mol. The average molecular weight is 338 g/mol. The highest BCUT2D eigenvalue weighted by atomic mass is 32.1. The summed E-state index contributed by atoms with van der Waals surface area (Å²) >= 11 is 1.64. The third-order valence-corrected chi connectivity index (χ3v) is 5.54. The SMILES string of the molecule is CC(=O)c1ccc2c(c1)CCN(C(=O)c1cc3sccc3[nH]1)CC2. The van der Waals surface area contributed by atoms with Gasteiger partial charge in [0.15, 0.2) is 5.78 Å². The number of nitrogens with one attached hydrogen (secondary N) is 1. The van der Waals surface area contributed by atoms with Gasteiger partial charge in [0.1, 0.15) is 5.69 Å². The number of aromatic nitrogens is 1. The quantitative estimate of drug-likeness (QED) is 0.725. The number of aromatic amines is 1. The molecule has 3 aromatic rings. The zero-order chi connectivity index (χ0) is 16.7. The van der Waals surface area contributed by atoms with Gasteiger partial charge >= 0.3 is 0 Å². The van der Waals surface area contributed by atoms with E-state index in [2.05, 4.69) is 4.98 Å². The molecule has 1 aliphatic rings. The van der Waals surface area contributed by atoms with Gasteiger partial charge in [-0.1, -0.05) is 12.1 Å². The zero-order valence-corrected chi connectivity index (χ0v) is 14.3. The molecule has 0 saturated heterocycles. The molecule has 0 saturated carbocycles. The highest BCUT2D eigenvalue weighted by molar-refractivity contribution is 7.17. The van der Waals surface area contributed by atoms with Crippen LogP contribution in [0.5, 0.6) is 0 Å². The van der Waals surface area contributed by atoms with E-state index in [0.717, 1.165) is 28.6 Å². The van der Waals surface area contributed by atoms with Crippen molar-refractivity contribution >= 4 is 33.2 Å². The maximum Gasteiger partial charge on any atom is 0.270 e. The first-order valence-corrected chi connectivity index (χ1v) is 8.98. The molecule has 2 aromatic heterocycles. The maximum absolute atomic E-state index is 12.8. The Hall–Kier alpha value is -2.40. The second-order valence-corrected chi connectivity index (χ2v) is 7.16. The number of amides is 1. The molecule has 3 heterocycles. The van der Waals surface area contributed by atoms with Gasteiger partial charge < -0.3 is 9.88 Å². The first kappa shape index (κ1) is 15.1. The summed E-state index contributed by atoms with van der Waals surface area (Å²) in [5.74, 6) is 0.138. The molecule has 0 bridgehead atoms. The molecule has 5 heteroatoms. The molecule has 1 amide bonds. The van der Waals surface area contributed by atoms with Gasteiger partial charge in [-0.2, -0.15) is 0 Å². The molecule has 0 aliphatic carbocycles. The summed E-state index contributed by atoms with van der Waals surface area (Å²) in [5.41, 5.74) is 4.85. The molecule has 4 nitrogen and oxygen atoms in total. The predicted octanol–water partition coefficient (Wildman–Crippen LogP) is 3.67. The van der Waals surface area contributed by atoms with Gasteiger partial charge in [-0.05, 0) is 54.5 Å². The lowest BCUT2D eigenvalue weighted by molar-refractivity contribution is 0.0758. The fourth-order valence-electron chi connectivity index (χ4n) is 3.28. The molecule has 0 spiro atoms. The maximum atomic E-state index is 12.8. The molecule has 4 rings (SSSR count). The molecule has 1 aromatic carbocycles. The largest absolute Gasteiger partial charge is 0.350 e.